The number of hydrogen-bond donors (Lipinski definition) is 1. The molecule has 2 fully saturated rings. The van der Waals surface area contributed by atoms with Crippen molar-refractivity contribution < 1.29 is 0 Å². The second-order valence-electron chi connectivity index (χ2n) is 5.21. The van der Waals surface area contributed by atoms with Crippen LogP contribution in [0.1, 0.15) is 32.6 Å². The summed E-state index contributed by atoms with van der Waals surface area (Å²) in [7, 11) is 0. The van der Waals surface area contributed by atoms with Gasteiger partial charge >= 0.3 is 0 Å². The highest BCUT2D eigenvalue weighted by molar-refractivity contribution is 4.85. The van der Waals surface area contributed by atoms with E-state index in [9.17, 15) is 0 Å². The maximum atomic E-state index is 3.42. The summed E-state index contributed by atoms with van der Waals surface area (Å²) in [6.45, 7) is 11.0. The second-order valence-corrected chi connectivity index (χ2v) is 5.21. The quantitative estimate of drug-likeness (QED) is 0.701. The van der Waals surface area contributed by atoms with Gasteiger partial charge in [-0.3, -0.25) is 9.80 Å². The van der Waals surface area contributed by atoms with E-state index in [1.165, 1.54) is 71.5 Å². The van der Waals surface area contributed by atoms with Crippen molar-refractivity contribution in [3.8, 4) is 0 Å². The van der Waals surface area contributed by atoms with Gasteiger partial charge < -0.3 is 5.32 Å². The monoisotopic (exact) mass is 225 g/mol. The first-order chi connectivity index (χ1) is 7.90. The molecule has 0 atom stereocenters. The van der Waals surface area contributed by atoms with Crippen LogP contribution in [0.3, 0.4) is 0 Å². The summed E-state index contributed by atoms with van der Waals surface area (Å²) in [6, 6.07) is 0.939. The Balaban J connectivity index is 1.64. The highest BCUT2D eigenvalue weighted by atomic mass is 15.2. The van der Waals surface area contributed by atoms with E-state index in [2.05, 4.69) is 22.0 Å². The Morgan fingerprint density at radius 2 is 1.94 bits per heavy atom. The summed E-state index contributed by atoms with van der Waals surface area (Å²) in [5, 5.41) is 3.42. The molecule has 0 aromatic carbocycles. The molecule has 1 saturated heterocycles. The number of hydrogen-bond acceptors (Lipinski definition) is 3. The Bertz CT molecular complexity index is 186. The van der Waals surface area contributed by atoms with Gasteiger partial charge in [0.2, 0.25) is 0 Å². The Kier molecular flexibility index (Phi) is 5.07. The van der Waals surface area contributed by atoms with Gasteiger partial charge in [0, 0.05) is 45.3 Å². The van der Waals surface area contributed by atoms with Gasteiger partial charge in [0.25, 0.3) is 0 Å². The standard InChI is InChI=1S/C13H27N3/c1-2-3-8-16(13-4-5-13)12-11-15-9-6-14-7-10-15/h13-14H,2-12H2,1H3. The maximum Gasteiger partial charge on any atom is 0.0112 e. The maximum absolute atomic E-state index is 3.42. The van der Waals surface area contributed by atoms with Crippen LogP contribution in [-0.2, 0) is 0 Å². The molecule has 16 heavy (non-hydrogen) atoms. The van der Waals surface area contributed by atoms with Crippen LogP contribution in [0.2, 0.25) is 0 Å². The normalized spacial score (nSPS) is 22.9. The molecule has 0 spiro atoms. The Labute approximate surface area is 100 Å². The van der Waals surface area contributed by atoms with Crippen molar-refractivity contribution in [1.82, 2.24) is 15.1 Å². The minimum absolute atomic E-state index is 0.939. The van der Waals surface area contributed by atoms with Gasteiger partial charge in [-0.2, -0.15) is 0 Å². The van der Waals surface area contributed by atoms with E-state index in [1.807, 2.05) is 0 Å². The third-order valence-corrected chi connectivity index (χ3v) is 3.78. The minimum atomic E-state index is 0.939. The molecule has 0 unspecified atom stereocenters. The Morgan fingerprint density at radius 1 is 1.19 bits per heavy atom. The number of rotatable bonds is 7. The van der Waals surface area contributed by atoms with Crippen molar-refractivity contribution in [3.63, 3.8) is 0 Å². The average molecular weight is 225 g/mol. The molecule has 1 saturated carbocycles. The van der Waals surface area contributed by atoms with Gasteiger partial charge in [0.1, 0.15) is 0 Å². The molecule has 3 heteroatoms. The van der Waals surface area contributed by atoms with Gasteiger partial charge in [-0.15, -0.1) is 0 Å². The summed E-state index contributed by atoms with van der Waals surface area (Å²) in [6.07, 6.45) is 5.60. The summed E-state index contributed by atoms with van der Waals surface area (Å²) in [5.41, 5.74) is 0. The first-order valence-electron chi connectivity index (χ1n) is 7.07. The van der Waals surface area contributed by atoms with Crippen molar-refractivity contribution in [2.75, 3.05) is 45.8 Å². The Morgan fingerprint density at radius 3 is 2.56 bits per heavy atom. The molecule has 1 N–H and O–H groups in total. The molecule has 1 aliphatic heterocycles. The molecule has 0 radical (unpaired) electrons. The lowest BCUT2D eigenvalue weighted by Gasteiger charge is -2.30. The van der Waals surface area contributed by atoms with Gasteiger partial charge in [-0.1, -0.05) is 13.3 Å². The van der Waals surface area contributed by atoms with Gasteiger partial charge in [-0.25, -0.2) is 0 Å². The summed E-state index contributed by atoms with van der Waals surface area (Å²) < 4.78 is 0. The fourth-order valence-electron chi connectivity index (χ4n) is 2.48. The highest BCUT2D eigenvalue weighted by Crippen LogP contribution is 2.26. The number of unbranched alkanes of at least 4 members (excludes halogenated alkanes) is 1. The fraction of sp³-hybridized carbons (Fsp3) is 1.00. The molecule has 1 aliphatic carbocycles. The van der Waals surface area contributed by atoms with E-state index in [1.54, 1.807) is 0 Å². The third-order valence-electron chi connectivity index (χ3n) is 3.78. The number of nitrogens with one attached hydrogen (secondary N) is 1. The lowest BCUT2D eigenvalue weighted by atomic mass is 10.3. The number of nitrogens with zero attached hydrogens (tertiary/aromatic N) is 2. The Hall–Kier alpha value is -0.120. The molecule has 3 nitrogen and oxygen atoms in total. The lowest BCUT2D eigenvalue weighted by molar-refractivity contribution is 0.182. The summed E-state index contributed by atoms with van der Waals surface area (Å²) in [5.74, 6) is 0. The molecule has 94 valence electrons. The third kappa shape index (κ3) is 4.04. The number of piperazine rings is 1. The van der Waals surface area contributed by atoms with Crippen molar-refractivity contribution in [2.45, 2.75) is 38.6 Å². The molecular formula is C13H27N3. The van der Waals surface area contributed by atoms with Crippen LogP contribution >= 0.6 is 0 Å². The van der Waals surface area contributed by atoms with Crippen LogP contribution in [0.15, 0.2) is 0 Å². The molecular weight excluding hydrogens is 198 g/mol. The fourth-order valence-corrected chi connectivity index (χ4v) is 2.48. The molecule has 2 rings (SSSR count). The molecule has 0 aromatic rings. The van der Waals surface area contributed by atoms with Crippen LogP contribution in [0, 0.1) is 0 Å². The molecule has 0 bridgehead atoms. The van der Waals surface area contributed by atoms with E-state index in [-0.39, 0.29) is 0 Å². The van der Waals surface area contributed by atoms with Crippen LogP contribution in [0.25, 0.3) is 0 Å². The summed E-state index contributed by atoms with van der Waals surface area (Å²) >= 11 is 0. The van der Waals surface area contributed by atoms with E-state index >= 15 is 0 Å². The van der Waals surface area contributed by atoms with Crippen LogP contribution < -0.4 is 5.32 Å². The zero-order chi connectivity index (χ0) is 11.2. The zero-order valence-corrected chi connectivity index (χ0v) is 10.7. The van der Waals surface area contributed by atoms with E-state index in [4.69, 9.17) is 0 Å². The van der Waals surface area contributed by atoms with Crippen LogP contribution in [-0.4, -0.2) is 61.7 Å². The topological polar surface area (TPSA) is 18.5 Å². The molecule has 0 amide bonds. The molecule has 2 aliphatic rings. The lowest BCUT2D eigenvalue weighted by Crippen LogP contribution is -2.46. The van der Waals surface area contributed by atoms with Gasteiger partial charge in [0.05, 0.1) is 0 Å². The molecule has 0 aromatic heterocycles. The largest absolute Gasteiger partial charge is 0.314 e. The first kappa shape index (κ1) is 12.3. The van der Waals surface area contributed by atoms with Crippen molar-refractivity contribution >= 4 is 0 Å². The second kappa shape index (κ2) is 6.58. The van der Waals surface area contributed by atoms with Gasteiger partial charge in [0.15, 0.2) is 0 Å². The van der Waals surface area contributed by atoms with E-state index < -0.39 is 0 Å². The van der Waals surface area contributed by atoms with Crippen LogP contribution in [0.5, 0.6) is 0 Å². The molecule has 1 heterocycles. The van der Waals surface area contributed by atoms with E-state index in [0.29, 0.717) is 0 Å². The van der Waals surface area contributed by atoms with Crippen molar-refractivity contribution in [2.24, 2.45) is 0 Å². The minimum Gasteiger partial charge on any atom is -0.314 e. The van der Waals surface area contributed by atoms with Crippen molar-refractivity contribution in [1.29, 1.82) is 0 Å². The zero-order valence-electron chi connectivity index (χ0n) is 10.7. The average Bonchev–Trinajstić information content (AvgIpc) is 3.15. The van der Waals surface area contributed by atoms with Crippen LogP contribution in [0.4, 0.5) is 0 Å². The predicted molar refractivity (Wildman–Crippen MR) is 68.8 cm³/mol. The highest BCUT2D eigenvalue weighted by Gasteiger charge is 2.28. The predicted octanol–water partition coefficient (Wildman–Crippen LogP) is 1.16. The van der Waals surface area contributed by atoms with E-state index in [0.717, 1.165) is 6.04 Å². The SMILES string of the molecule is CCCCN(CCN1CCNCC1)C1CC1. The van der Waals surface area contributed by atoms with Gasteiger partial charge in [-0.05, 0) is 25.8 Å². The smallest absolute Gasteiger partial charge is 0.0112 e. The van der Waals surface area contributed by atoms with Crippen molar-refractivity contribution in [3.05, 3.63) is 0 Å². The first-order valence-corrected chi connectivity index (χ1v) is 7.07. The summed E-state index contributed by atoms with van der Waals surface area (Å²) in [4.78, 5) is 5.34.